The zero-order valence-corrected chi connectivity index (χ0v) is 23.4. The average Bonchev–Trinajstić information content (AvgIpc) is 3.69. The fraction of sp³-hybridized carbons (Fsp3) is 0.364. The summed E-state index contributed by atoms with van der Waals surface area (Å²) in [4.78, 5) is 28.3. The molecular weight excluding hydrogens is 496 g/mol. The lowest BCUT2D eigenvalue weighted by atomic mass is 10.1. The van der Waals surface area contributed by atoms with Crippen LogP contribution < -0.4 is 5.56 Å². The maximum absolute atomic E-state index is 12.7. The normalized spacial score (nSPS) is 14.4. The van der Waals surface area contributed by atoms with Crippen molar-refractivity contribution in [3.63, 3.8) is 0 Å². The summed E-state index contributed by atoms with van der Waals surface area (Å²) in [5.41, 5.74) is 7.68. The van der Waals surface area contributed by atoms with Gasteiger partial charge < -0.3 is 19.0 Å². The topological polar surface area (TPSA) is 71.7 Å². The molecule has 6 aromatic rings. The third-order valence-electron chi connectivity index (χ3n) is 8.58. The molecule has 4 heterocycles. The molecular formula is C33H38N6O. The molecule has 1 saturated heterocycles. The van der Waals surface area contributed by atoms with Crippen molar-refractivity contribution in [1.82, 2.24) is 29.0 Å². The number of hydrogen-bond donors (Lipinski definition) is 1. The molecule has 3 aromatic heterocycles. The number of rotatable bonds is 8. The van der Waals surface area contributed by atoms with Crippen molar-refractivity contribution in [2.24, 2.45) is 0 Å². The van der Waals surface area contributed by atoms with Crippen molar-refractivity contribution in [1.29, 1.82) is 0 Å². The standard InChI is InChI=1S/C33H36N6O.H2/c1-3-5-11-25-33(40)36-26-20-28-31(21-27(26)34-25)39(18-17-37-15-8-9-16-37)32(35-28)22-13-14-30-24(19-22)23-10-6-7-12-29(23)38(30)4-2;/h6-7,10,12-14,19-21H,3-5,8-9,11,15-18H2,1-2H3,(H,36,40);1H. The molecule has 0 aliphatic carbocycles. The van der Waals surface area contributed by atoms with Gasteiger partial charge in [-0.1, -0.05) is 31.5 Å². The van der Waals surface area contributed by atoms with Gasteiger partial charge >= 0.3 is 0 Å². The summed E-state index contributed by atoms with van der Waals surface area (Å²) in [6.45, 7) is 9.45. The minimum atomic E-state index is -0.0910. The first-order valence-electron chi connectivity index (χ1n) is 14.8. The Morgan fingerprint density at radius 1 is 0.850 bits per heavy atom. The predicted octanol–water partition coefficient (Wildman–Crippen LogP) is 6.75. The molecule has 1 aliphatic rings. The van der Waals surface area contributed by atoms with Crippen molar-refractivity contribution in [3.8, 4) is 11.4 Å². The second-order valence-electron chi connectivity index (χ2n) is 11.1. The van der Waals surface area contributed by atoms with Crippen LogP contribution in [-0.2, 0) is 19.5 Å². The van der Waals surface area contributed by atoms with E-state index in [-0.39, 0.29) is 6.99 Å². The number of imidazole rings is 1. The van der Waals surface area contributed by atoms with Crippen molar-refractivity contribution in [2.75, 3.05) is 19.6 Å². The molecule has 1 N–H and O–H groups in total. The van der Waals surface area contributed by atoms with E-state index in [2.05, 4.69) is 81.4 Å². The molecule has 0 amide bonds. The van der Waals surface area contributed by atoms with E-state index in [1.165, 1.54) is 34.6 Å². The number of aromatic nitrogens is 5. The van der Waals surface area contributed by atoms with Gasteiger partial charge in [0, 0.05) is 48.4 Å². The number of likely N-dealkylation sites (tertiary alicyclic amines) is 1. The largest absolute Gasteiger partial charge is 0.341 e. The average molecular weight is 535 g/mol. The number of aromatic amines is 1. The van der Waals surface area contributed by atoms with Gasteiger partial charge in [0.05, 0.1) is 22.1 Å². The van der Waals surface area contributed by atoms with Gasteiger partial charge in [-0.05, 0) is 82.1 Å². The first kappa shape index (κ1) is 25.0. The minimum absolute atomic E-state index is 0. The molecule has 7 nitrogen and oxygen atoms in total. The van der Waals surface area contributed by atoms with E-state index in [1.54, 1.807) is 0 Å². The first-order chi connectivity index (χ1) is 19.6. The Hall–Kier alpha value is -3.97. The van der Waals surface area contributed by atoms with E-state index in [1.807, 2.05) is 6.07 Å². The number of nitrogens with one attached hydrogen (secondary N) is 1. The molecule has 7 rings (SSSR count). The molecule has 1 aliphatic heterocycles. The van der Waals surface area contributed by atoms with Crippen molar-refractivity contribution in [3.05, 3.63) is 70.6 Å². The summed E-state index contributed by atoms with van der Waals surface area (Å²) >= 11 is 0. The third-order valence-corrected chi connectivity index (χ3v) is 8.58. The van der Waals surface area contributed by atoms with E-state index < -0.39 is 0 Å². The van der Waals surface area contributed by atoms with Gasteiger partial charge in [0.15, 0.2) is 0 Å². The number of benzene rings is 3. The lowest BCUT2D eigenvalue weighted by Gasteiger charge is -2.17. The molecule has 7 heteroatoms. The zero-order chi connectivity index (χ0) is 27.2. The van der Waals surface area contributed by atoms with E-state index in [9.17, 15) is 4.79 Å². The van der Waals surface area contributed by atoms with Crippen LogP contribution >= 0.6 is 0 Å². The molecule has 0 spiro atoms. The monoisotopic (exact) mass is 534 g/mol. The lowest BCUT2D eigenvalue weighted by molar-refractivity contribution is 0.325. The third kappa shape index (κ3) is 4.20. The first-order valence-corrected chi connectivity index (χ1v) is 14.8. The predicted molar refractivity (Wildman–Crippen MR) is 166 cm³/mol. The van der Waals surface area contributed by atoms with Gasteiger partial charge in [-0.3, -0.25) is 4.79 Å². The zero-order valence-electron chi connectivity index (χ0n) is 23.4. The van der Waals surface area contributed by atoms with Crippen LogP contribution in [0.4, 0.5) is 0 Å². The Morgan fingerprint density at radius 3 is 2.50 bits per heavy atom. The number of H-pyrrole nitrogens is 1. The highest BCUT2D eigenvalue weighted by Crippen LogP contribution is 2.34. The van der Waals surface area contributed by atoms with Crippen molar-refractivity contribution in [2.45, 2.75) is 59.0 Å². The minimum Gasteiger partial charge on any atom is -0.341 e. The SMILES string of the molecule is CCCCc1nc2cc3c(cc2[nH]c1=O)nc(-c1ccc2c(c1)c1ccccc1n2CC)n3CCN1CCCC1.[HH]. The number of aryl methyl sites for hydroxylation is 2. The maximum atomic E-state index is 12.7. The number of fused-ring (bicyclic) bond motifs is 5. The highest BCUT2D eigenvalue weighted by molar-refractivity contribution is 6.09. The highest BCUT2D eigenvalue weighted by Gasteiger charge is 2.19. The highest BCUT2D eigenvalue weighted by atomic mass is 16.1. The van der Waals surface area contributed by atoms with Crippen LogP contribution in [0.25, 0.3) is 55.3 Å². The molecule has 1 fully saturated rings. The quantitative estimate of drug-likeness (QED) is 0.234. The molecule has 206 valence electrons. The van der Waals surface area contributed by atoms with Gasteiger partial charge in [0.25, 0.3) is 5.56 Å². The maximum Gasteiger partial charge on any atom is 0.270 e. The Kier molecular flexibility index (Phi) is 6.39. The summed E-state index contributed by atoms with van der Waals surface area (Å²) in [6.07, 6.45) is 5.24. The summed E-state index contributed by atoms with van der Waals surface area (Å²) in [5, 5.41) is 2.53. The van der Waals surface area contributed by atoms with Crippen LogP contribution in [0.1, 0.15) is 46.7 Å². The number of hydrogen-bond acceptors (Lipinski definition) is 4. The number of nitrogens with zero attached hydrogens (tertiary/aromatic N) is 5. The lowest BCUT2D eigenvalue weighted by Crippen LogP contribution is -2.24. The Balaban J connectivity index is 0.00000302. The molecule has 0 bridgehead atoms. The van der Waals surface area contributed by atoms with Crippen LogP contribution in [0.3, 0.4) is 0 Å². The molecule has 3 aromatic carbocycles. The van der Waals surface area contributed by atoms with E-state index >= 15 is 0 Å². The molecule has 0 unspecified atom stereocenters. The van der Waals surface area contributed by atoms with Gasteiger partial charge in [-0.15, -0.1) is 0 Å². The fourth-order valence-electron chi connectivity index (χ4n) is 6.48. The molecule has 0 radical (unpaired) electrons. The summed E-state index contributed by atoms with van der Waals surface area (Å²) in [6, 6.07) is 19.5. The summed E-state index contributed by atoms with van der Waals surface area (Å²) in [7, 11) is 0. The van der Waals surface area contributed by atoms with Crippen molar-refractivity contribution >= 4 is 43.9 Å². The van der Waals surface area contributed by atoms with E-state index in [4.69, 9.17) is 9.97 Å². The summed E-state index contributed by atoms with van der Waals surface area (Å²) in [5.74, 6) is 0.966. The van der Waals surface area contributed by atoms with Gasteiger partial charge in [0.1, 0.15) is 11.5 Å². The van der Waals surface area contributed by atoms with Crippen LogP contribution in [0, 0.1) is 0 Å². The van der Waals surface area contributed by atoms with Gasteiger partial charge in [0.2, 0.25) is 0 Å². The van der Waals surface area contributed by atoms with E-state index in [0.717, 1.165) is 79.0 Å². The number of para-hydroxylation sites is 1. The van der Waals surface area contributed by atoms with Crippen molar-refractivity contribution < 1.29 is 1.43 Å². The van der Waals surface area contributed by atoms with Crippen LogP contribution in [0.5, 0.6) is 0 Å². The molecule has 0 saturated carbocycles. The number of unbranched alkanes of at least 4 members (excludes halogenated alkanes) is 1. The van der Waals surface area contributed by atoms with Crippen LogP contribution in [0.15, 0.2) is 59.4 Å². The Bertz CT molecular complexity index is 1930. The molecule has 0 atom stereocenters. The second-order valence-corrected chi connectivity index (χ2v) is 11.1. The van der Waals surface area contributed by atoms with Crippen LogP contribution in [0.2, 0.25) is 0 Å². The Labute approximate surface area is 234 Å². The van der Waals surface area contributed by atoms with Crippen LogP contribution in [-0.4, -0.2) is 48.6 Å². The Morgan fingerprint density at radius 2 is 1.68 bits per heavy atom. The van der Waals surface area contributed by atoms with Gasteiger partial charge in [-0.2, -0.15) is 0 Å². The van der Waals surface area contributed by atoms with Gasteiger partial charge in [-0.25, -0.2) is 9.97 Å². The molecule has 40 heavy (non-hydrogen) atoms. The fourth-order valence-corrected chi connectivity index (χ4v) is 6.48. The van der Waals surface area contributed by atoms with E-state index in [0.29, 0.717) is 12.1 Å². The smallest absolute Gasteiger partial charge is 0.270 e. The second kappa shape index (κ2) is 10.2. The summed E-state index contributed by atoms with van der Waals surface area (Å²) < 4.78 is 4.75.